The van der Waals surface area contributed by atoms with E-state index in [1.165, 1.54) is 0 Å². The van der Waals surface area contributed by atoms with Crippen LogP contribution in [0, 0.1) is 5.92 Å². The Bertz CT molecular complexity index is 462. The van der Waals surface area contributed by atoms with Crippen LogP contribution in [0.25, 0.3) is 0 Å². The van der Waals surface area contributed by atoms with Gasteiger partial charge in [-0.3, -0.25) is 4.79 Å². The van der Waals surface area contributed by atoms with Crippen molar-refractivity contribution in [1.82, 2.24) is 9.36 Å². The topological polar surface area (TPSA) is 66.3 Å². The third kappa shape index (κ3) is 2.26. The Morgan fingerprint density at radius 2 is 2.22 bits per heavy atom. The van der Waals surface area contributed by atoms with Crippen LogP contribution in [0.2, 0.25) is 0 Å². The molecule has 0 amide bonds. The smallest absolute Gasteiger partial charge is 0.452 e. The van der Waals surface area contributed by atoms with Crippen molar-refractivity contribution in [3.63, 3.8) is 0 Å². The van der Waals surface area contributed by atoms with Gasteiger partial charge in [0.1, 0.15) is 0 Å². The van der Waals surface area contributed by atoms with E-state index < -0.39 is 23.9 Å². The minimum absolute atomic E-state index is 0.124. The molecule has 0 saturated carbocycles. The molecular weight excluding hydrogens is 271 g/mol. The van der Waals surface area contributed by atoms with Crippen LogP contribution in [0.4, 0.5) is 18.3 Å². The first kappa shape index (κ1) is 13.1. The summed E-state index contributed by atoms with van der Waals surface area (Å²) in [7, 11) is 0. The van der Waals surface area contributed by atoms with E-state index in [1.807, 2.05) is 0 Å². The van der Waals surface area contributed by atoms with Gasteiger partial charge in [-0.2, -0.15) is 22.5 Å². The Kier molecular flexibility index (Phi) is 3.18. The lowest BCUT2D eigenvalue weighted by molar-refractivity contribution is -0.144. The highest BCUT2D eigenvalue weighted by Crippen LogP contribution is 2.34. The van der Waals surface area contributed by atoms with Gasteiger partial charge in [0.2, 0.25) is 11.0 Å². The number of halogens is 3. The Hall–Kier alpha value is -1.38. The Labute approximate surface area is 104 Å². The summed E-state index contributed by atoms with van der Waals surface area (Å²) in [6.07, 6.45) is -4.17. The van der Waals surface area contributed by atoms with Crippen molar-refractivity contribution in [1.29, 1.82) is 0 Å². The Morgan fingerprint density at radius 3 is 2.67 bits per heavy atom. The lowest BCUT2D eigenvalue weighted by Crippen LogP contribution is -2.32. The first-order chi connectivity index (χ1) is 8.30. The van der Waals surface area contributed by atoms with Gasteiger partial charge in [0.15, 0.2) is 0 Å². The molecule has 1 saturated heterocycles. The van der Waals surface area contributed by atoms with Crippen LogP contribution in [-0.2, 0) is 11.0 Å². The number of hydrogen-bond donors (Lipinski definition) is 1. The maximum absolute atomic E-state index is 12.4. The summed E-state index contributed by atoms with van der Waals surface area (Å²) in [4.78, 5) is 15.9. The number of rotatable bonds is 2. The summed E-state index contributed by atoms with van der Waals surface area (Å²) < 4.78 is 40.3. The lowest BCUT2D eigenvalue weighted by Gasteiger charge is -2.21. The molecule has 2 atom stereocenters. The summed E-state index contributed by atoms with van der Waals surface area (Å²) >= 11 is 0.643. The molecule has 1 fully saturated rings. The van der Waals surface area contributed by atoms with E-state index in [1.54, 1.807) is 11.8 Å². The summed E-state index contributed by atoms with van der Waals surface area (Å²) in [5.41, 5.74) is 0. The molecule has 100 valence electrons. The van der Waals surface area contributed by atoms with Crippen LogP contribution < -0.4 is 4.90 Å². The Morgan fingerprint density at radius 1 is 1.56 bits per heavy atom. The lowest BCUT2D eigenvalue weighted by atomic mass is 10.0. The number of aliphatic carboxylic acids is 1. The zero-order chi connectivity index (χ0) is 13.5. The van der Waals surface area contributed by atoms with Crippen molar-refractivity contribution in [2.75, 3.05) is 11.4 Å². The van der Waals surface area contributed by atoms with Gasteiger partial charge in [0.05, 0.1) is 5.92 Å². The number of carboxylic acid groups (broad SMARTS) is 1. The van der Waals surface area contributed by atoms with Crippen LogP contribution in [0.5, 0.6) is 0 Å². The van der Waals surface area contributed by atoms with E-state index in [0.717, 1.165) is 0 Å². The second-order valence-corrected chi connectivity index (χ2v) is 4.80. The molecule has 2 rings (SSSR count). The number of hydrogen-bond acceptors (Lipinski definition) is 5. The maximum Gasteiger partial charge on any atom is 0.452 e. The highest BCUT2D eigenvalue weighted by atomic mass is 32.1. The van der Waals surface area contributed by atoms with E-state index in [9.17, 15) is 18.0 Å². The minimum atomic E-state index is -4.57. The summed E-state index contributed by atoms with van der Waals surface area (Å²) in [6.45, 7) is 2.05. The minimum Gasteiger partial charge on any atom is -0.481 e. The molecule has 0 radical (unpaired) electrons. The maximum atomic E-state index is 12.4. The third-order valence-corrected chi connectivity index (χ3v) is 3.74. The molecule has 9 heteroatoms. The van der Waals surface area contributed by atoms with Crippen molar-refractivity contribution < 1.29 is 23.1 Å². The van der Waals surface area contributed by atoms with Crippen molar-refractivity contribution in [3.8, 4) is 0 Å². The molecule has 0 bridgehead atoms. The molecule has 1 aromatic rings. The molecule has 1 aliphatic rings. The van der Waals surface area contributed by atoms with Crippen LogP contribution in [0.3, 0.4) is 0 Å². The molecule has 1 aliphatic heterocycles. The highest BCUT2D eigenvalue weighted by Gasteiger charge is 2.40. The number of anilines is 1. The Balaban J connectivity index is 2.19. The molecule has 0 spiro atoms. The van der Waals surface area contributed by atoms with E-state index in [4.69, 9.17) is 5.11 Å². The summed E-state index contributed by atoms with van der Waals surface area (Å²) in [5, 5.41) is 9.07. The van der Waals surface area contributed by atoms with Crippen molar-refractivity contribution in [2.45, 2.75) is 25.6 Å². The van der Waals surface area contributed by atoms with Gasteiger partial charge in [-0.1, -0.05) is 0 Å². The monoisotopic (exact) mass is 281 g/mol. The molecule has 1 aromatic heterocycles. The molecule has 18 heavy (non-hydrogen) atoms. The second kappa shape index (κ2) is 4.38. The van der Waals surface area contributed by atoms with Gasteiger partial charge in [-0.15, -0.1) is 0 Å². The van der Waals surface area contributed by atoms with Crippen LogP contribution in [0.1, 0.15) is 19.2 Å². The normalized spacial score (nSPS) is 24.6. The van der Waals surface area contributed by atoms with Gasteiger partial charge in [-0.05, 0) is 13.3 Å². The average molecular weight is 281 g/mol. The fraction of sp³-hybridized carbons (Fsp3) is 0.667. The number of carbonyl (C=O) groups is 1. The van der Waals surface area contributed by atoms with E-state index in [2.05, 4.69) is 9.36 Å². The first-order valence-corrected chi connectivity index (χ1v) is 5.98. The number of aromatic nitrogens is 2. The standard InChI is InChI=1S/C9H10F3N3O2S/c1-4-5(6(16)17)2-3-15(4)8-13-7(14-18-8)9(10,11)12/h4-5H,2-3H2,1H3,(H,16,17). The molecular formula is C9H10F3N3O2S. The van der Waals surface area contributed by atoms with Crippen LogP contribution in [0.15, 0.2) is 0 Å². The quantitative estimate of drug-likeness (QED) is 0.896. The molecule has 0 aromatic carbocycles. The van der Waals surface area contributed by atoms with Gasteiger partial charge in [-0.25, -0.2) is 0 Å². The fourth-order valence-electron chi connectivity index (χ4n) is 1.99. The van der Waals surface area contributed by atoms with Crippen LogP contribution >= 0.6 is 11.5 Å². The molecule has 2 unspecified atom stereocenters. The number of alkyl halides is 3. The third-order valence-electron chi connectivity index (χ3n) is 2.99. The summed E-state index contributed by atoms with van der Waals surface area (Å²) in [6, 6.07) is -0.378. The van der Waals surface area contributed by atoms with Crippen molar-refractivity contribution in [3.05, 3.63) is 5.82 Å². The molecule has 2 heterocycles. The van der Waals surface area contributed by atoms with Gasteiger partial charge < -0.3 is 10.0 Å². The predicted octanol–water partition coefficient (Wildman–Crippen LogP) is 1.86. The largest absolute Gasteiger partial charge is 0.481 e. The number of nitrogens with zero attached hydrogens (tertiary/aromatic N) is 3. The molecule has 0 aliphatic carbocycles. The molecule has 5 nitrogen and oxygen atoms in total. The molecule has 1 N–H and O–H groups in total. The zero-order valence-corrected chi connectivity index (χ0v) is 10.1. The highest BCUT2D eigenvalue weighted by molar-refractivity contribution is 7.09. The summed E-state index contributed by atoms with van der Waals surface area (Å²) in [5.74, 6) is -2.69. The van der Waals surface area contributed by atoms with E-state index in [-0.39, 0.29) is 11.2 Å². The average Bonchev–Trinajstić information content (AvgIpc) is 2.81. The van der Waals surface area contributed by atoms with Crippen molar-refractivity contribution >= 4 is 22.6 Å². The zero-order valence-electron chi connectivity index (χ0n) is 9.31. The SMILES string of the molecule is CC1C(C(=O)O)CCN1c1nc(C(F)(F)F)ns1. The predicted molar refractivity (Wildman–Crippen MR) is 57.5 cm³/mol. The fourth-order valence-corrected chi connectivity index (χ4v) is 2.79. The van der Waals surface area contributed by atoms with Crippen LogP contribution in [-0.4, -0.2) is 33.0 Å². The van der Waals surface area contributed by atoms with Gasteiger partial charge in [0, 0.05) is 24.1 Å². The van der Waals surface area contributed by atoms with Gasteiger partial charge >= 0.3 is 12.1 Å². The van der Waals surface area contributed by atoms with E-state index in [0.29, 0.717) is 24.5 Å². The van der Waals surface area contributed by atoms with E-state index >= 15 is 0 Å². The van der Waals surface area contributed by atoms with Gasteiger partial charge in [0.25, 0.3) is 0 Å². The second-order valence-electron chi connectivity index (χ2n) is 4.07. The van der Waals surface area contributed by atoms with Crippen molar-refractivity contribution in [2.24, 2.45) is 5.92 Å². The number of carboxylic acids is 1. The first-order valence-electron chi connectivity index (χ1n) is 5.21.